The Balaban J connectivity index is 1.73. The Bertz CT molecular complexity index is 493. The van der Waals surface area contributed by atoms with Crippen molar-refractivity contribution in [3.05, 3.63) is 59.5 Å². The molecule has 17 heavy (non-hydrogen) atoms. The lowest BCUT2D eigenvalue weighted by atomic mass is 9.74. The van der Waals surface area contributed by atoms with Crippen LogP contribution in [0.2, 0.25) is 0 Å². The topological polar surface area (TPSA) is 51.2 Å². The summed E-state index contributed by atoms with van der Waals surface area (Å²) < 4.78 is 5.40. The fraction of sp³-hybridized carbons (Fsp3) is 0.286. The second kappa shape index (κ2) is 4.35. The van der Waals surface area contributed by atoms with E-state index in [0.717, 1.165) is 18.6 Å². The van der Waals surface area contributed by atoms with Gasteiger partial charge in [0.2, 0.25) is 0 Å². The standard InChI is InChI=1S/C14H16N2O/c15-16-13(14-6-3-7-17-14)9-11-8-10-4-1-2-5-12(10)11/h1-7,11,13,16H,8-9,15H2. The van der Waals surface area contributed by atoms with Gasteiger partial charge in [0.15, 0.2) is 0 Å². The lowest BCUT2D eigenvalue weighted by Gasteiger charge is -2.32. The van der Waals surface area contributed by atoms with Gasteiger partial charge in [0.05, 0.1) is 12.3 Å². The molecule has 0 radical (unpaired) electrons. The van der Waals surface area contributed by atoms with E-state index in [1.165, 1.54) is 11.1 Å². The van der Waals surface area contributed by atoms with Crippen molar-refractivity contribution in [1.29, 1.82) is 0 Å². The summed E-state index contributed by atoms with van der Waals surface area (Å²) in [6.07, 6.45) is 3.82. The van der Waals surface area contributed by atoms with Gasteiger partial charge in [0.25, 0.3) is 0 Å². The van der Waals surface area contributed by atoms with Crippen molar-refractivity contribution in [2.24, 2.45) is 5.84 Å². The first-order valence-electron chi connectivity index (χ1n) is 5.96. The first kappa shape index (κ1) is 10.6. The van der Waals surface area contributed by atoms with Crippen LogP contribution in [0.15, 0.2) is 47.1 Å². The minimum absolute atomic E-state index is 0.100. The van der Waals surface area contributed by atoms with Crippen LogP contribution in [-0.4, -0.2) is 0 Å². The Morgan fingerprint density at radius 3 is 2.88 bits per heavy atom. The molecular formula is C14H16N2O. The number of nitrogens with one attached hydrogen (secondary N) is 1. The monoisotopic (exact) mass is 228 g/mol. The molecule has 3 nitrogen and oxygen atoms in total. The van der Waals surface area contributed by atoms with Crippen molar-refractivity contribution in [2.45, 2.75) is 24.8 Å². The maximum atomic E-state index is 5.60. The number of hydrazine groups is 1. The van der Waals surface area contributed by atoms with Gasteiger partial charge in [0, 0.05) is 0 Å². The molecule has 3 heteroatoms. The van der Waals surface area contributed by atoms with Gasteiger partial charge in [-0.1, -0.05) is 24.3 Å². The van der Waals surface area contributed by atoms with Gasteiger partial charge in [-0.3, -0.25) is 5.84 Å². The quantitative estimate of drug-likeness (QED) is 0.624. The number of hydrogen-bond donors (Lipinski definition) is 2. The van der Waals surface area contributed by atoms with E-state index >= 15 is 0 Å². The van der Waals surface area contributed by atoms with E-state index < -0.39 is 0 Å². The number of rotatable bonds is 4. The molecule has 0 fully saturated rings. The van der Waals surface area contributed by atoms with E-state index in [2.05, 4.69) is 29.7 Å². The van der Waals surface area contributed by atoms with Gasteiger partial charge in [-0.25, -0.2) is 5.43 Å². The smallest absolute Gasteiger partial charge is 0.122 e. The van der Waals surface area contributed by atoms with Gasteiger partial charge < -0.3 is 4.42 Å². The Kier molecular flexibility index (Phi) is 2.71. The van der Waals surface area contributed by atoms with Crippen molar-refractivity contribution in [1.82, 2.24) is 5.43 Å². The zero-order valence-corrected chi connectivity index (χ0v) is 9.60. The van der Waals surface area contributed by atoms with Crippen LogP contribution < -0.4 is 11.3 Å². The molecule has 1 aromatic carbocycles. The molecular weight excluding hydrogens is 212 g/mol. The van der Waals surface area contributed by atoms with Crippen LogP contribution in [0.3, 0.4) is 0 Å². The SMILES string of the molecule is NNC(CC1Cc2ccccc21)c1ccco1. The average molecular weight is 228 g/mol. The Morgan fingerprint density at radius 1 is 1.29 bits per heavy atom. The molecule has 1 heterocycles. The molecule has 3 rings (SSSR count). The van der Waals surface area contributed by atoms with Gasteiger partial charge in [-0.2, -0.15) is 0 Å². The van der Waals surface area contributed by atoms with E-state index in [4.69, 9.17) is 10.3 Å². The highest BCUT2D eigenvalue weighted by Crippen LogP contribution is 2.40. The van der Waals surface area contributed by atoms with Crippen LogP contribution in [0.25, 0.3) is 0 Å². The molecule has 2 aromatic rings. The third-order valence-corrected chi connectivity index (χ3v) is 3.57. The molecule has 1 aromatic heterocycles. The summed E-state index contributed by atoms with van der Waals surface area (Å²) in [5.74, 6) is 7.11. The summed E-state index contributed by atoms with van der Waals surface area (Å²) in [7, 11) is 0. The van der Waals surface area contributed by atoms with Gasteiger partial charge in [-0.15, -0.1) is 0 Å². The normalized spacial score (nSPS) is 19.5. The number of nitrogens with two attached hydrogens (primary N) is 1. The molecule has 0 spiro atoms. The fourth-order valence-corrected chi connectivity index (χ4v) is 2.61. The second-order valence-electron chi connectivity index (χ2n) is 4.57. The van der Waals surface area contributed by atoms with Gasteiger partial charge in [0.1, 0.15) is 5.76 Å². The second-order valence-corrected chi connectivity index (χ2v) is 4.57. The summed E-state index contributed by atoms with van der Waals surface area (Å²) in [5, 5.41) is 0. The van der Waals surface area contributed by atoms with Crippen molar-refractivity contribution in [3.63, 3.8) is 0 Å². The first-order chi connectivity index (χ1) is 8.38. The lowest BCUT2D eigenvalue weighted by Crippen LogP contribution is -2.31. The van der Waals surface area contributed by atoms with E-state index in [1.807, 2.05) is 12.1 Å². The Hall–Kier alpha value is -1.58. The van der Waals surface area contributed by atoms with Crippen LogP contribution in [0.5, 0.6) is 0 Å². The molecule has 0 aliphatic heterocycles. The lowest BCUT2D eigenvalue weighted by molar-refractivity contribution is 0.366. The largest absolute Gasteiger partial charge is 0.468 e. The number of benzene rings is 1. The number of fused-ring (bicyclic) bond motifs is 1. The van der Waals surface area contributed by atoms with Gasteiger partial charge >= 0.3 is 0 Å². The molecule has 0 saturated carbocycles. The van der Waals surface area contributed by atoms with Gasteiger partial charge in [-0.05, 0) is 42.0 Å². The number of furan rings is 1. The van der Waals surface area contributed by atoms with E-state index in [9.17, 15) is 0 Å². The molecule has 1 aliphatic rings. The van der Waals surface area contributed by atoms with E-state index in [0.29, 0.717) is 5.92 Å². The predicted octanol–water partition coefficient (Wildman–Crippen LogP) is 2.51. The molecule has 2 unspecified atom stereocenters. The fourth-order valence-electron chi connectivity index (χ4n) is 2.61. The van der Waals surface area contributed by atoms with Crippen molar-refractivity contribution in [2.75, 3.05) is 0 Å². The molecule has 3 N–H and O–H groups in total. The summed E-state index contributed by atoms with van der Waals surface area (Å²) in [6.45, 7) is 0. The average Bonchev–Trinajstić information content (AvgIpc) is 2.84. The summed E-state index contributed by atoms with van der Waals surface area (Å²) in [6, 6.07) is 12.6. The molecule has 2 atom stereocenters. The predicted molar refractivity (Wildman–Crippen MR) is 66.3 cm³/mol. The third-order valence-electron chi connectivity index (χ3n) is 3.57. The zero-order chi connectivity index (χ0) is 11.7. The van der Waals surface area contributed by atoms with Crippen LogP contribution >= 0.6 is 0 Å². The van der Waals surface area contributed by atoms with Crippen molar-refractivity contribution >= 4 is 0 Å². The van der Waals surface area contributed by atoms with Crippen LogP contribution in [0, 0.1) is 0 Å². The first-order valence-corrected chi connectivity index (χ1v) is 5.96. The van der Waals surface area contributed by atoms with E-state index in [1.54, 1.807) is 6.26 Å². The van der Waals surface area contributed by atoms with Crippen LogP contribution in [0.1, 0.15) is 35.3 Å². The molecule has 0 bridgehead atoms. The summed E-state index contributed by atoms with van der Waals surface area (Å²) >= 11 is 0. The van der Waals surface area contributed by atoms with Crippen LogP contribution in [-0.2, 0) is 6.42 Å². The highest BCUT2D eigenvalue weighted by Gasteiger charge is 2.28. The highest BCUT2D eigenvalue weighted by molar-refractivity contribution is 5.40. The summed E-state index contributed by atoms with van der Waals surface area (Å²) in [4.78, 5) is 0. The number of hydrogen-bond acceptors (Lipinski definition) is 3. The molecule has 0 amide bonds. The molecule has 88 valence electrons. The molecule has 1 aliphatic carbocycles. The maximum Gasteiger partial charge on any atom is 0.122 e. The summed E-state index contributed by atoms with van der Waals surface area (Å²) in [5.41, 5.74) is 5.76. The van der Waals surface area contributed by atoms with Crippen LogP contribution in [0.4, 0.5) is 0 Å². The minimum Gasteiger partial charge on any atom is -0.468 e. The van der Waals surface area contributed by atoms with E-state index in [-0.39, 0.29) is 6.04 Å². The van der Waals surface area contributed by atoms with Crippen molar-refractivity contribution in [3.8, 4) is 0 Å². The third kappa shape index (κ3) is 1.88. The van der Waals surface area contributed by atoms with Crippen molar-refractivity contribution < 1.29 is 4.42 Å². The Morgan fingerprint density at radius 2 is 2.18 bits per heavy atom. The Labute approximate surface area is 101 Å². The molecule has 0 saturated heterocycles. The maximum absolute atomic E-state index is 5.60. The minimum atomic E-state index is 0.100. The highest BCUT2D eigenvalue weighted by atomic mass is 16.3. The zero-order valence-electron chi connectivity index (χ0n) is 9.60.